The van der Waals surface area contributed by atoms with Gasteiger partial charge in [-0.25, -0.2) is 9.37 Å². The third kappa shape index (κ3) is 4.40. The summed E-state index contributed by atoms with van der Waals surface area (Å²) in [6.07, 6.45) is 4.45. The van der Waals surface area contributed by atoms with Crippen LogP contribution in [0.2, 0.25) is 0 Å². The van der Waals surface area contributed by atoms with Gasteiger partial charge < -0.3 is 5.32 Å². The van der Waals surface area contributed by atoms with Crippen LogP contribution in [0.4, 0.5) is 4.39 Å². The number of thiazole rings is 1. The molecule has 1 aromatic carbocycles. The molecule has 2 aromatic rings. The van der Waals surface area contributed by atoms with E-state index in [4.69, 9.17) is 0 Å². The summed E-state index contributed by atoms with van der Waals surface area (Å²) < 4.78 is 13.7. The average Bonchev–Trinajstić information content (AvgIpc) is 2.91. The van der Waals surface area contributed by atoms with Gasteiger partial charge in [-0.2, -0.15) is 0 Å². The zero-order valence-corrected chi connectivity index (χ0v) is 11.9. The van der Waals surface area contributed by atoms with Gasteiger partial charge in [0.1, 0.15) is 5.82 Å². The molecule has 0 aliphatic heterocycles. The van der Waals surface area contributed by atoms with Gasteiger partial charge in [-0.05, 0) is 31.0 Å². The largest absolute Gasteiger partial charge is 0.313 e. The number of hydrogen-bond acceptors (Lipinski definition) is 3. The molecular weight excluding hydrogens is 259 g/mol. The molecule has 1 N–H and O–H groups in total. The topological polar surface area (TPSA) is 24.9 Å². The molecule has 0 spiro atoms. The van der Waals surface area contributed by atoms with Crippen LogP contribution in [0.15, 0.2) is 35.8 Å². The predicted octanol–water partition coefficient (Wildman–Crippen LogP) is 3.44. The van der Waals surface area contributed by atoms with Crippen molar-refractivity contribution in [3.63, 3.8) is 0 Å². The summed E-state index contributed by atoms with van der Waals surface area (Å²) in [5, 5.41) is 6.57. The maximum Gasteiger partial charge on any atom is 0.126 e. The van der Waals surface area contributed by atoms with Crippen molar-refractivity contribution in [1.29, 1.82) is 0 Å². The smallest absolute Gasteiger partial charge is 0.126 e. The van der Waals surface area contributed by atoms with Crippen molar-refractivity contribution in [2.24, 2.45) is 0 Å². The van der Waals surface area contributed by atoms with Crippen LogP contribution in [0.1, 0.15) is 23.9 Å². The lowest BCUT2D eigenvalue weighted by Gasteiger charge is -2.17. The molecule has 0 aliphatic rings. The van der Waals surface area contributed by atoms with Crippen molar-refractivity contribution in [1.82, 2.24) is 10.3 Å². The lowest BCUT2D eigenvalue weighted by atomic mass is 10.0. The fraction of sp³-hybridized carbons (Fsp3) is 0.400. The second kappa shape index (κ2) is 7.36. The summed E-state index contributed by atoms with van der Waals surface area (Å²) in [5.41, 5.74) is 0.771. The third-order valence-corrected chi connectivity index (χ3v) is 3.81. The van der Waals surface area contributed by atoms with E-state index >= 15 is 0 Å². The number of halogens is 1. The fourth-order valence-electron chi connectivity index (χ4n) is 2.06. The first-order valence-corrected chi connectivity index (χ1v) is 7.52. The van der Waals surface area contributed by atoms with Crippen LogP contribution in [-0.2, 0) is 12.8 Å². The normalized spacial score (nSPS) is 12.5. The first-order valence-electron chi connectivity index (χ1n) is 6.64. The van der Waals surface area contributed by atoms with Crippen LogP contribution in [0, 0.1) is 5.82 Å². The van der Waals surface area contributed by atoms with Gasteiger partial charge in [-0.15, -0.1) is 11.3 Å². The highest BCUT2D eigenvalue weighted by molar-refractivity contribution is 7.09. The number of aromatic nitrogens is 1. The quantitative estimate of drug-likeness (QED) is 0.839. The molecule has 1 atom stereocenters. The first-order chi connectivity index (χ1) is 9.29. The summed E-state index contributed by atoms with van der Waals surface area (Å²) >= 11 is 1.65. The maximum absolute atomic E-state index is 13.7. The highest BCUT2D eigenvalue weighted by atomic mass is 32.1. The van der Waals surface area contributed by atoms with Gasteiger partial charge in [-0.1, -0.05) is 25.1 Å². The van der Waals surface area contributed by atoms with Gasteiger partial charge in [-0.3, -0.25) is 0 Å². The highest BCUT2D eigenvalue weighted by Gasteiger charge is 2.13. The molecule has 4 heteroatoms. The predicted molar refractivity (Wildman–Crippen MR) is 78.0 cm³/mol. The molecule has 102 valence electrons. The van der Waals surface area contributed by atoms with E-state index < -0.39 is 0 Å². The maximum atomic E-state index is 13.7. The SMILES string of the molecule is CCCNC(Cc1nccs1)Cc1ccccc1F. The third-order valence-electron chi connectivity index (χ3n) is 3.01. The van der Waals surface area contributed by atoms with Gasteiger partial charge in [0.2, 0.25) is 0 Å². The van der Waals surface area contributed by atoms with Crippen LogP contribution in [-0.4, -0.2) is 17.6 Å². The van der Waals surface area contributed by atoms with Crippen molar-refractivity contribution in [2.45, 2.75) is 32.2 Å². The summed E-state index contributed by atoms with van der Waals surface area (Å²) in [6.45, 7) is 3.08. The van der Waals surface area contributed by atoms with Gasteiger partial charge >= 0.3 is 0 Å². The van der Waals surface area contributed by atoms with E-state index in [-0.39, 0.29) is 11.9 Å². The molecular formula is C15H19FN2S. The minimum Gasteiger partial charge on any atom is -0.313 e. The Kier molecular flexibility index (Phi) is 5.48. The van der Waals surface area contributed by atoms with Crippen molar-refractivity contribution in [3.05, 3.63) is 52.2 Å². The summed E-state index contributed by atoms with van der Waals surface area (Å²) in [7, 11) is 0. The minimum absolute atomic E-state index is 0.120. The van der Waals surface area contributed by atoms with E-state index in [1.807, 2.05) is 23.7 Å². The zero-order chi connectivity index (χ0) is 13.5. The molecule has 19 heavy (non-hydrogen) atoms. The monoisotopic (exact) mass is 278 g/mol. The minimum atomic E-state index is -0.120. The Hall–Kier alpha value is -1.26. The second-order valence-electron chi connectivity index (χ2n) is 4.58. The Morgan fingerprint density at radius 3 is 2.84 bits per heavy atom. The van der Waals surface area contributed by atoms with Gasteiger partial charge in [0.05, 0.1) is 5.01 Å². The van der Waals surface area contributed by atoms with Gasteiger partial charge in [0, 0.05) is 24.0 Å². The van der Waals surface area contributed by atoms with Gasteiger partial charge in [0.25, 0.3) is 0 Å². The van der Waals surface area contributed by atoms with E-state index in [2.05, 4.69) is 17.2 Å². The van der Waals surface area contributed by atoms with Crippen LogP contribution in [0.25, 0.3) is 0 Å². The van der Waals surface area contributed by atoms with Gasteiger partial charge in [0.15, 0.2) is 0 Å². The van der Waals surface area contributed by atoms with Crippen molar-refractivity contribution in [3.8, 4) is 0 Å². The standard InChI is InChI=1S/C15H19FN2S/c1-2-7-17-13(11-15-18-8-9-19-15)10-12-5-3-4-6-14(12)16/h3-6,8-9,13,17H,2,7,10-11H2,1H3. The number of hydrogen-bond donors (Lipinski definition) is 1. The van der Waals surface area contributed by atoms with Crippen LogP contribution in [0.3, 0.4) is 0 Å². The molecule has 0 bridgehead atoms. The number of nitrogens with one attached hydrogen (secondary N) is 1. The van der Waals surface area contributed by atoms with E-state index in [0.29, 0.717) is 6.42 Å². The highest BCUT2D eigenvalue weighted by Crippen LogP contribution is 2.14. The van der Waals surface area contributed by atoms with E-state index in [1.54, 1.807) is 17.4 Å². The lowest BCUT2D eigenvalue weighted by molar-refractivity contribution is 0.491. The molecule has 1 heterocycles. The number of rotatable bonds is 7. The Labute approximate surface area is 117 Å². The molecule has 0 saturated carbocycles. The molecule has 0 radical (unpaired) electrons. The van der Waals surface area contributed by atoms with Crippen LogP contribution < -0.4 is 5.32 Å². The molecule has 2 nitrogen and oxygen atoms in total. The summed E-state index contributed by atoms with van der Waals surface area (Å²) in [4.78, 5) is 4.31. The van der Waals surface area contributed by atoms with Crippen molar-refractivity contribution >= 4 is 11.3 Å². The van der Waals surface area contributed by atoms with Crippen LogP contribution >= 0.6 is 11.3 Å². The molecule has 0 aliphatic carbocycles. The van der Waals surface area contributed by atoms with E-state index in [0.717, 1.165) is 30.0 Å². The zero-order valence-electron chi connectivity index (χ0n) is 11.1. The number of nitrogens with zero attached hydrogens (tertiary/aromatic N) is 1. The summed E-state index contributed by atoms with van der Waals surface area (Å²) in [6, 6.07) is 7.24. The Morgan fingerprint density at radius 2 is 2.16 bits per heavy atom. The molecule has 0 amide bonds. The van der Waals surface area contributed by atoms with Crippen molar-refractivity contribution in [2.75, 3.05) is 6.54 Å². The number of benzene rings is 1. The summed E-state index contributed by atoms with van der Waals surface area (Å²) in [5.74, 6) is -0.120. The Bertz CT molecular complexity index is 485. The lowest BCUT2D eigenvalue weighted by Crippen LogP contribution is -2.34. The van der Waals surface area contributed by atoms with Crippen molar-refractivity contribution < 1.29 is 4.39 Å². The molecule has 0 fully saturated rings. The first kappa shape index (κ1) is 14.2. The fourth-order valence-corrected chi connectivity index (χ4v) is 2.76. The second-order valence-corrected chi connectivity index (χ2v) is 5.56. The molecule has 1 unspecified atom stereocenters. The average molecular weight is 278 g/mol. The Balaban J connectivity index is 2.03. The van der Waals surface area contributed by atoms with E-state index in [1.165, 1.54) is 6.07 Å². The van der Waals surface area contributed by atoms with Crippen LogP contribution in [0.5, 0.6) is 0 Å². The molecule has 0 saturated heterocycles. The molecule has 2 rings (SSSR count). The Morgan fingerprint density at radius 1 is 1.32 bits per heavy atom. The molecule has 1 aromatic heterocycles. The van der Waals surface area contributed by atoms with E-state index in [9.17, 15) is 4.39 Å².